The Bertz CT molecular complexity index is 821. The van der Waals surface area contributed by atoms with Gasteiger partial charge in [0, 0.05) is 44.1 Å². The van der Waals surface area contributed by atoms with Crippen LogP contribution in [0.25, 0.3) is 11.4 Å². The van der Waals surface area contributed by atoms with Gasteiger partial charge in [0.25, 0.3) is 0 Å². The number of amides is 1. The summed E-state index contributed by atoms with van der Waals surface area (Å²) in [6.45, 7) is 6.60. The van der Waals surface area contributed by atoms with Crippen molar-refractivity contribution in [2.24, 2.45) is 0 Å². The standard InChI is InChI=1S/C25H36N4O/c1-4-6-7-8-9-13-16-23(30)29-18-17-22-21(19-29)25(28(3)5-2)27-24(26-22)20-14-11-10-12-15-20/h10-12,14-15H,4-9,13,16-19H2,1-3H3. The van der Waals surface area contributed by atoms with Crippen LogP contribution in [0.4, 0.5) is 5.82 Å². The van der Waals surface area contributed by atoms with E-state index in [2.05, 4.69) is 37.9 Å². The molecule has 1 amide bonds. The van der Waals surface area contributed by atoms with Gasteiger partial charge in [-0.3, -0.25) is 4.79 Å². The first-order chi connectivity index (χ1) is 14.6. The van der Waals surface area contributed by atoms with Gasteiger partial charge in [0.15, 0.2) is 5.82 Å². The Labute approximate surface area is 181 Å². The number of nitrogens with zero attached hydrogens (tertiary/aromatic N) is 4. The molecule has 1 aliphatic heterocycles. The van der Waals surface area contributed by atoms with E-state index in [1.165, 1.54) is 25.7 Å². The van der Waals surface area contributed by atoms with Gasteiger partial charge >= 0.3 is 0 Å². The highest BCUT2D eigenvalue weighted by Gasteiger charge is 2.26. The number of carbonyl (C=O) groups is 1. The minimum Gasteiger partial charge on any atom is -0.360 e. The molecule has 5 nitrogen and oxygen atoms in total. The summed E-state index contributed by atoms with van der Waals surface area (Å²) in [6.07, 6.45) is 8.69. The van der Waals surface area contributed by atoms with Gasteiger partial charge in [-0.25, -0.2) is 9.97 Å². The summed E-state index contributed by atoms with van der Waals surface area (Å²) in [5, 5.41) is 0. The predicted molar refractivity (Wildman–Crippen MR) is 124 cm³/mol. The highest BCUT2D eigenvalue weighted by molar-refractivity contribution is 5.77. The third-order valence-electron chi connectivity index (χ3n) is 6.00. The maximum atomic E-state index is 12.8. The van der Waals surface area contributed by atoms with Crippen LogP contribution in [0.3, 0.4) is 0 Å². The smallest absolute Gasteiger partial charge is 0.222 e. The van der Waals surface area contributed by atoms with E-state index in [1.54, 1.807) is 0 Å². The quantitative estimate of drug-likeness (QED) is 0.505. The molecule has 1 aliphatic rings. The minimum absolute atomic E-state index is 0.272. The van der Waals surface area contributed by atoms with Gasteiger partial charge < -0.3 is 9.80 Å². The van der Waals surface area contributed by atoms with Crippen LogP contribution >= 0.6 is 0 Å². The summed E-state index contributed by atoms with van der Waals surface area (Å²) in [5.41, 5.74) is 3.23. The Morgan fingerprint density at radius 3 is 2.50 bits per heavy atom. The number of carbonyl (C=O) groups excluding carboxylic acids is 1. The minimum atomic E-state index is 0.272. The molecule has 2 heterocycles. The maximum absolute atomic E-state index is 12.8. The van der Waals surface area contributed by atoms with Gasteiger partial charge in [0.1, 0.15) is 5.82 Å². The van der Waals surface area contributed by atoms with Crippen molar-refractivity contribution < 1.29 is 4.79 Å². The van der Waals surface area contributed by atoms with Crippen LogP contribution in [0.15, 0.2) is 30.3 Å². The fourth-order valence-corrected chi connectivity index (χ4v) is 4.01. The second kappa shape index (κ2) is 11.1. The molecule has 2 aromatic rings. The Hall–Kier alpha value is -2.43. The SMILES string of the molecule is CCCCCCCCC(=O)N1CCc2nc(-c3ccccc3)nc(N(C)CC)c2C1. The molecular weight excluding hydrogens is 372 g/mol. The Morgan fingerprint density at radius 1 is 1.03 bits per heavy atom. The van der Waals surface area contributed by atoms with Crippen molar-refractivity contribution in [2.75, 3.05) is 25.0 Å². The second-order valence-corrected chi connectivity index (χ2v) is 8.26. The first kappa shape index (κ1) is 22.3. The van der Waals surface area contributed by atoms with E-state index >= 15 is 0 Å². The van der Waals surface area contributed by atoms with Crippen molar-refractivity contribution >= 4 is 11.7 Å². The Kier molecular flexibility index (Phi) is 8.23. The lowest BCUT2D eigenvalue weighted by molar-refractivity contribution is -0.132. The number of benzene rings is 1. The normalized spacial score (nSPS) is 13.2. The summed E-state index contributed by atoms with van der Waals surface area (Å²) in [7, 11) is 2.06. The first-order valence-electron chi connectivity index (χ1n) is 11.6. The fourth-order valence-electron chi connectivity index (χ4n) is 4.01. The predicted octanol–water partition coefficient (Wildman–Crippen LogP) is 5.24. The van der Waals surface area contributed by atoms with Crippen LogP contribution in [0.5, 0.6) is 0 Å². The highest BCUT2D eigenvalue weighted by Crippen LogP contribution is 2.29. The third kappa shape index (κ3) is 5.59. The summed E-state index contributed by atoms with van der Waals surface area (Å²) in [4.78, 5) is 26.8. The highest BCUT2D eigenvalue weighted by atomic mass is 16.2. The van der Waals surface area contributed by atoms with E-state index in [0.717, 1.165) is 60.8 Å². The number of anilines is 1. The van der Waals surface area contributed by atoms with Crippen LogP contribution in [0.2, 0.25) is 0 Å². The average Bonchev–Trinajstić information content (AvgIpc) is 2.80. The summed E-state index contributed by atoms with van der Waals surface area (Å²) >= 11 is 0. The van der Waals surface area contributed by atoms with Gasteiger partial charge in [-0.15, -0.1) is 0 Å². The molecule has 0 fully saturated rings. The molecule has 1 aromatic heterocycles. The van der Waals surface area contributed by atoms with E-state index in [1.807, 2.05) is 23.1 Å². The molecule has 5 heteroatoms. The molecular formula is C25H36N4O. The maximum Gasteiger partial charge on any atom is 0.222 e. The molecule has 0 saturated heterocycles. The van der Waals surface area contributed by atoms with Crippen molar-refractivity contribution in [3.8, 4) is 11.4 Å². The van der Waals surface area contributed by atoms with Crippen molar-refractivity contribution in [1.82, 2.24) is 14.9 Å². The van der Waals surface area contributed by atoms with Crippen LogP contribution < -0.4 is 4.90 Å². The topological polar surface area (TPSA) is 49.3 Å². The summed E-state index contributed by atoms with van der Waals surface area (Å²) in [6, 6.07) is 10.1. The van der Waals surface area contributed by atoms with Crippen LogP contribution in [-0.2, 0) is 17.8 Å². The molecule has 162 valence electrons. The second-order valence-electron chi connectivity index (χ2n) is 8.26. The lowest BCUT2D eigenvalue weighted by atomic mass is 10.0. The van der Waals surface area contributed by atoms with Crippen LogP contribution in [0, 0.1) is 0 Å². The number of fused-ring (bicyclic) bond motifs is 1. The third-order valence-corrected chi connectivity index (χ3v) is 6.00. The van der Waals surface area contributed by atoms with Crippen molar-refractivity contribution in [3.63, 3.8) is 0 Å². The molecule has 0 bridgehead atoms. The molecule has 0 radical (unpaired) electrons. The number of aromatic nitrogens is 2. The molecule has 0 saturated carbocycles. The van der Waals surface area contributed by atoms with Gasteiger partial charge in [-0.2, -0.15) is 0 Å². The lowest BCUT2D eigenvalue weighted by Crippen LogP contribution is -2.37. The van der Waals surface area contributed by atoms with Crippen molar-refractivity contribution in [1.29, 1.82) is 0 Å². The molecule has 3 rings (SSSR count). The molecule has 0 atom stereocenters. The van der Waals surface area contributed by atoms with E-state index < -0.39 is 0 Å². The molecule has 0 unspecified atom stereocenters. The first-order valence-corrected chi connectivity index (χ1v) is 11.6. The van der Waals surface area contributed by atoms with Crippen molar-refractivity contribution in [3.05, 3.63) is 41.6 Å². The Balaban J connectivity index is 1.71. The number of hydrogen-bond donors (Lipinski definition) is 0. The van der Waals surface area contributed by atoms with Gasteiger partial charge in [0.05, 0.1) is 12.2 Å². The number of rotatable bonds is 10. The molecule has 0 aliphatic carbocycles. The lowest BCUT2D eigenvalue weighted by Gasteiger charge is -2.31. The van der Waals surface area contributed by atoms with Crippen LogP contribution in [-0.4, -0.2) is 40.9 Å². The van der Waals surface area contributed by atoms with E-state index in [-0.39, 0.29) is 5.91 Å². The monoisotopic (exact) mass is 408 g/mol. The van der Waals surface area contributed by atoms with Crippen LogP contribution in [0.1, 0.15) is 70.1 Å². The average molecular weight is 409 g/mol. The number of unbranched alkanes of at least 4 members (excludes halogenated alkanes) is 5. The molecule has 1 aromatic carbocycles. The zero-order valence-corrected chi connectivity index (χ0v) is 18.9. The zero-order valence-electron chi connectivity index (χ0n) is 18.9. The zero-order chi connectivity index (χ0) is 21.3. The van der Waals surface area contributed by atoms with E-state index in [9.17, 15) is 4.79 Å². The van der Waals surface area contributed by atoms with E-state index in [0.29, 0.717) is 13.0 Å². The van der Waals surface area contributed by atoms with Crippen molar-refractivity contribution in [2.45, 2.75) is 71.8 Å². The van der Waals surface area contributed by atoms with Gasteiger partial charge in [-0.1, -0.05) is 69.4 Å². The van der Waals surface area contributed by atoms with E-state index in [4.69, 9.17) is 9.97 Å². The molecule has 0 spiro atoms. The Morgan fingerprint density at radius 2 is 1.77 bits per heavy atom. The fraction of sp³-hybridized carbons (Fsp3) is 0.560. The number of hydrogen-bond acceptors (Lipinski definition) is 4. The molecule has 30 heavy (non-hydrogen) atoms. The largest absolute Gasteiger partial charge is 0.360 e. The van der Waals surface area contributed by atoms with Gasteiger partial charge in [-0.05, 0) is 13.3 Å². The van der Waals surface area contributed by atoms with Gasteiger partial charge in [0.2, 0.25) is 5.91 Å². The summed E-state index contributed by atoms with van der Waals surface area (Å²) < 4.78 is 0. The molecule has 0 N–H and O–H groups in total. The summed E-state index contributed by atoms with van der Waals surface area (Å²) in [5.74, 6) is 2.00.